The molecule has 1 amide bonds. The summed E-state index contributed by atoms with van der Waals surface area (Å²) in [6.45, 7) is 4.21. The van der Waals surface area contributed by atoms with E-state index in [1.54, 1.807) is 6.92 Å². The number of carbonyl (C=O) groups excluding carboxylic acids is 2. The number of anilines is 1. The SMILES string of the molecule is CCC(=O)O[C@@H](C)C(=O)Nc1ccc(S(=O)(=O)N2CCCC2)cc1. The summed E-state index contributed by atoms with van der Waals surface area (Å²) < 4.78 is 31.2. The van der Waals surface area contributed by atoms with Crippen LogP contribution in [0.25, 0.3) is 0 Å². The predicted molar refractivity (Wildman–Crippen MR) is 88.9 cm³/mol. The van der Waals surface area contributed by atoms with Gasteiger partial charge in [0.05, 0.1) is 4.90 Å². The Hall–Kier alpha value is -1.93. The molecule has 1 aromatic carbocycles. The summed E-state index contributed by atoms with van der Waals surface area (Å²) in [7, 11) is -3.47. The summed E-state index contributed by atoms with van der Waals surface area (Å²) in [4.78, 5) is 23.3. The average Bonchev–Trinajstić information content (AvgIpc) is 3.10. The largest absolute Gasteiger partial charge is 0.453 e. The fraction of sp³-hybridized carbons (Fsp3) is 0.500. The van der Waals surface area contributed by atoms with Gasteiger partial charge in [-0.1, -0.05) is 6.92 Å². The molecule has 1 aliphatic rings. The lowest BCUT2D eigenvalue weighted by Gasteiger charge is -2.16. The highest BCUT2D eigenvalue weighted by Gasteiger charge is 2.27. The van der Waals surface area contributed by atoms with Crippen molar-refractivity contribution in [3.63, 3.8) is 0 Å². The first kappa shape index (κ1) is 18.4. The minimum absolute atomic E-state index is 0.195. The molecular weight excluding hydrogens is 332 g/mol. The maximum atomic E-state index is 12.4. The van der Waals surface area contributed by atoms with E-state index in [9.17, 15) is 18.0 Å². The molecule has 0 saturated carbocycles. The van der Waals surface area contributed by atoms with Gasteiger partial charge in [-0.25, -0.2) is 8.42 Å². The van der Waals surface area contributed by atoms with E-state index in [4.69, 9.17) is 4.74 Å². The maximum absolute atomic E-state index is 12.4. The zero-order valence-electron chi connectivity index (χ0n) is 13.8. The molecular formula is C16H22N2O5S. The first-order valence-corrected chi connectivity index (χ1v) is 9.39. The number of hydrogen-bond donors (Lipinski definition) is 1. The minimum atomic E-state index is -3.47. The molecule has 1 heterocycles. The van der Waals surface area contributed by atoms with Crippen LogP contribution in [0.2, 0.25) is 0 Å². The lowest BCUT2D eigenvalue weighted by molar-refractivity contribution is -0.152. The van der Waals surface area contributed by atoms with Crippen molar-refractivity contribution in [3.8, 4) is 0 Å². The standard InChI is InChI=1S/C16H22N2O5S/c1-3-15(19)23-12(2)16(20)17-13-6-8-14(9-7-13)24(21,22)18-10-4-5-11-18/h6-9,12H,3-5,10-11H2,1-2H3,(H,17,20)/t12-/m0/s1. The molecule has 0 aromatic heterocycles. The molecule has 0 aliphatic carbocycles. The normalized spacial score (nSPS) is 16.6. The van der Waals surface area contributed by atoms with Crippen LogP contribution >= 0.6 is 0 Å². The zero-order chi connectivity index (χ0) is 17.7. The van der Waals surface area contributed by atoms with Crippen molar-refractivity contribution in [2.75, 3.05) is 18.4 Å². The highest BCUT2D eigenvalue weighted by atomic mass is 32.2. The zero-order valence-corrected chi connectivity index (χ0v) is 14.6. The molecule has 1 N–H and O–H groups in total. The van der Waals surface area contributed by atoms with Crippen LogP contribution in [0.3, 0.4) is 0 Å². The van der Waals surface area contributed by atoms with Crippen molar-refractivity contribution in [2.24, 2.45) is 0 Å². The summed E-state index contributed by atoms with van der Waals surface area (Å²) in [5.41, 5.74) is 0.444. The van der Waals surface area contributed by atoms with E-state index in [0.29, 0.717) is 18.8 Å². The van der Waals surface area contributed by atoms with Gasteiger partial charge in [0.25, 0.3) is 5.91 Å². The first-order chi connectivity index (χ1) is 11.3. The second kappa shape index (κ2) is 7.76. The Morgan fingerprint density at radius 1 is 1.21 bits per heavy atom. The molecule has 1 saturated heterocycles. The van der Waals surface area contributed by atoms with Crippen molar-refractivity contribution in [1.82, 2.24) is 4.31 Å². The lowest BCUT2D eigenvalue weighted by Crippen LogP contribution is -2.30. The highest BCUT2D eigenvalue weighted by molar-refractivity contribution is 7.89. The molecule has 0 radical (unpaired) electrons. The number of carbonyl (C=O) groups is 2. The number of rotatable bonds is 6. The molecule has 1 atom stereocenters. The highest BCUT2D eigenvalue weighted by Crippen LogP contribution is 2.22. The number of ether oxygens (including phenoxy) is 1. The Morgan fingerprint density at radius 2 is 1.79 bits per heavy atom. The quantitative estimate of drug-likeness (QED) is 0.786. The molecule has 1 fully saturated rings. The maximum Gasteiger partial charge on any atom is 0.306 e. The summed E-state index contributed by atoms with van der Waals surface area (Å²) in [6.07, 6.45) is 1.04. The molecule has 1 aliphatic heterocycles. The van der Waals surface area contributed by atoms with Crippen molar-refractivity contribution >= 4 is 27.6 Å². The number of amides is 1. The van der Waals surface area contributed by atoms with Gasteiger partial charge in [-0.2, -0.15) is 4.31 Å². The molecule has 0 unspecified atom stereocenters. The molecule has 8 heteroatoms. The van der Waals surface area contributed by atoms with Gasteiger partial charge in [0, 0.05) is 25.2 Å². The monoisotopic (exact) mass is 354 g/mol. The molecule has 2 rings (SSSR count). The lowest BCUT2D eigenvalue weighted by atomic mass is 10.3. The van der Waals surface area contributed by atoms with Gasteiger partial charge in [-0.05, 0) is 44.0 Å². The summed E-state index contributed by atoms with van der Waals surface area (Å²) in [5.74, 6) is -0.920. The summed E-state index contributed by atoms with van der Waals surface area (Å²) in [5, 5.41) is 2.59. The van der Waals surface area contributed by atoms with Gasteiger partial charge in [0.1, 0.15) is 0 Å². The van der Waals surface area contributed by atoms with E-state index in [2.05, 4.69) is 5.32 Å². The van der Waals surface area contributed by atoms with Crippen LogP contribution in [0, 0.1) is 0 Å². The number of esters is 1. The molecule has 7 nitrogen and oxygen atoms in total. The number of nitrogens with zero attached hydrogens (tertiary/aromatic N) is 1. The van der Waals surface area contributed by atoms with Crippen LogP contribution < -0.4 is 5.32 Å². The van der Waals surface area contributed by atoms with Gasteiger partial charge in [0.15, 0.2) is 6.10 Å². The van der Waals surface area contributed by atoms with Crippen LogP contribution in [-0.2, 0) is 24.3 Å². The Kier molecular flexibility index (Phi) is 5.95. The third kappa shape index (κ3) is 4.33. The second-order valence-corrected chi connectivity index (χ2v) is 7.55. The van der Waals surface area contributed by atoms with Crippen LogP contribution in [0.15, 0.2) is 29.2 Å². The number of sulfonamides is 1. The van der Waals surface area contributed by atoms with Crippen LogP contribution in [0.5, 0.6) is 0 Å². The molecule has 0 spiro atoms. The smallest absolute Gasteiger partial charge is 0.306 e. The van der Waals surface area contributed by atoms with E-state index >= 15 is 0 Å². The number of hydrogen-bond acceptors (Lipinski definition) is 5. The Labute approximate surface area is 142 Å². The van der Waals surface area contributed by atoms with Crippen molar-refractivity contribution in [3.05, 3.63) is 24.3 Å². The van der Waals surface area contributed by atoms with Crippen molar-refractivity contribution in [1.29, 1.82) is 0 Å². The summed E-state index contributed by atoms with van der Waals surface area (Å²) >= 11 is 0. The third-order valence-electron chi connectivity index (χ3n) is 3.79. The fourth-order valence-electron chi connectivity index (χ4n) is 2.37. The van der Waals surface area contributed by atoms with Gasteiger partial charge in [-0.3, -0.25) is 9.59 Å². The van der Waals surface area contributed by atoms with Crippen molar-refractivity contribution in [2.45, 2.75) is 44.1 Å². The van der Waals surface area contributed by atoms with Gasteiger partial charge < -0.3 is 10.1 Å². The van der Waals surface area contributed by atoms with E-state index < -0.39 is 28.0 Å². The summed E-state index contributed by atoms with van der Waals surface area (Å²) in [6, 6.07) is 5.97. The Balaban J connectivity index is 2.01. The fourth-order valence-corrected chi connectivity index (χ4v) is 3.88. The predicted octanol–water partition coefficient (Wildman–Crippen LogP) is 1.75. The van der Waals surface area contributed by atoms with Gasteiger partial charge in [0.2, 0.25) is 10.0 Å². The third-order valence-corrected chi connectivity index (χ3v) is 5.70. The van der Waals surface area contributed by atoms with E-state index in [0.717, 1.165) is 12.8 Å². The minimum Gasteiger partial charge on any atom is -0.453 e. The Morgan fingerprint density at radius 3 is 2.33 bits per heavy atom. The first-order valence-electron chi connectivity index (χ1n) is 7.95. The Bertz CT molecular complexity index is 694. The van der Waals surface area contributed by atoms with E-state index in [-0.39, 0.29) is 11.3 Å². The topological polar surface area (TPSA) is 92.8 Å². The van der Waals surface area contributed by atoms with Crippen molar-refractivity contribution < 1.29 is 22.7 Å². The molecule has 1 aromatic rings. The van der Waals surface area contributed by atoms with Gasteiger partial charge >= 0.3 is 5.97 Å². The van der Waals surface area contributed by atoms with Crippen LogP contribution in [0.1, 0.15) is 33.1 Å². The van der Waals surface area contributed by atoms with Crippen LogP contribution in [0.4, 0.5) is 5.69 Å². The van der Waals surface area contributed by atoms with Gasteiger partial charge in [-0.15, -0.1) is 0 Å². The number of nitrogens with one attached hydrogen (secondary N) is 1. The second-order valence-electron chi connectivity index (χ2n) is 5.61. The average molecular weight is 354 g/mol. The number of benzene rings is 1. The van der Waals surface area contributed by atoms with E-state index in [1.807, 2.05) is 0 Å². The molecule has 132 valence electrons. The van der Waals surface area contributed by atoms with E-state index in [1.165, 1.54) is 35.5 Å². The molecule has 24 heavy (non-hydrogen) atoms. The molecule has 0 bridgehead atoms. The van der Waals surface area contributed by atoms with Crippen LogP contribution in [-0.4, -0.2) is 43.8 Å².